The van der Waals surface area contributed by atoms with Crippen molar-refractivity contribution < 1.29 is 14.7 Å². The van der Waals surface area contributed by atoms with Crippen LogP contribution in [0.15, 0.2) is 85.5 Å². The maximum absolute atomic E-state index is 13.5. The molecule has 1 heterocycles. The van der Waals surface area contributed by atoms with Crippen LogP contribution in [0, 0.1) is 0 Å². The summed E-state index contributed by atoms with van der Waals surface area (Å²) in [7, 11) is 1.62. The average Bonchev–Trinajstić information content (AvgIpc) is 3.40. The summed E-state index contributed by atoms with van der Waals surface area (Å²) in [5, 5.41) is 16.6. The van der Waals surface area contributed by atoms with Crippen LogP contribution < -0.4 is 0 Å². The van der Waals surface area contributed by atoms with Crippen molar-refractivity contribution in [1.82, 2.24) is 19.7 Å². The minimum atomic E-state index is -1.58. The minimum absolute atomic E-state index is 0.0153. The Morgan fingerprint density at radius 1 is 1.03 bits per heavy atom. The predicted octanol–water partition coefficient (Wildman–Crippen LogP) is 4.97. The van der Waals surface area contributed by atoms with E-state index in [4.69, 9.17) is 23.2 Å². The summed E-state index contributed by atoms with van der Waals surface area (Å²) in [5.41, 5.74) is 0.611. The number of halogens is 2. The molecule has 0 aliphatic carbocycles. The molecule has 0 aliphatic rings. The molecule has 0 fully saturated rings. The van der Waals surface area contributed by atoms with Gasteiger partial charge in [-0.25, -0.2) is 9.67 Å². The molecular weight excluding hydrogens is 511 g/mol. The molecule has 0 aliphatic heterocycles. The first kappa shape index (κ1) is 26.5. The van der Waals surface area contributed by atoms with Gasteiger partial charge in [-0.1, -0.05) is 77.8 Å². The zero-order chi connectivity index (χ0) is 26.6. The highest BCUT2D eigenvalue weighted by Gasteiger charge is 2.36. The standard InChI is InChI=1S/C28H26Cl2N4O3/c1-19(21-9-6-10-22(13-21)26(35)20-7-4-3-5-8-20)27(36)33(2)15-28(37,16-34-18-31-17-32-34)24-12-11-23(29)14-25(24)30/h3-14,17-19,37H,15-16H2,1-2H3. The van der Waals surface area contributed by atoms with E-state index in [2.05, 4.69) is 10.1 Å². The van der Waals surface area contributed by atoms with E-state index in [1.165, 1.54) is 22.2 Å². The average molecular weight is 537 g/mol. The lowest BCUT2D eigenvalue weighted by atomic mass is 9.91. The van der Waals surface area contributed by atoms with E-state index in [-0.39, 0.29) is 29.8 Å². The number of ketones is 1. The second-order valence-electron chi connectivity index (χ2n) is 8.99. The Hall–Kier alpha value is -3.52. The number of hydrogen-bond acceptors (Lipinski definition) is 5. The predicted molar refractivity (Wildman–Crippen MR) is 143 cm³/mol. The van der Waals surface area contributed by atoms with Gasteiger partial charge in [-0.05, 0) is 30.7 Å². The summed E-state index contributed by atoms with van der Waals surface area (Å²) in [6.07, 6.45) is 2.85. The molecular formula is C28H26Cl2N4O3. The van der Waals surface area contributed by atoms with Crippen LogP contribution >= 0.6 is 23.2 Å². The number of carbonyl (C=O) groups is 2. The van der Waals surface area contributed by atoms with Crippen LogP contribution in [-0.4, -0.2) is 50.1 Å². The van der Waals surface area contributed by atoms with Gasteiger partial charge in [0.05, 0.1) is 19.0 Å². The second-order valence-corrected chi connectivity index (χ2v) is 9.83. The Bertz CT molecular complexity index is 1400. The maximum Gasteiger partial charge on any atom is 0.229 e. The summed E-state index contributed by atoms with van der Waals surface area (Å²) in [4.78, 5) is 31.8. The molecule has 0 saturated heterocycles. The number of hydrogen-bond donors (Lipinski definition) is 1. The van der Waals surface area contributed by atoms with Crippen LogP contribution in [0.2, 0.25) is 10.0 Å². The first-order valence-electron chi connectivity index (χ1n) is 11.6. The first-order valence-corrected chi connectivity index (χ1v) is 12.4. The molecule has 1 aromatic heterocycles. The Labute approximate surface area is 225 Å². The Morgan fingerprint density at radius 2 is 1.76 bits per heavy atom. The van der Waals surface area contributed by atoms with Crippen molar-refractivity contribution in [3.05, 3.63) is 118 Å². The van der Waals surface area contributed by atoms with E-state index in [1.54, 1.807) is 62.5 Å². The van der Waals surface area contributed by atoms with E-state index in [9.17, 15) is 14.7 Å². The highest BCUT2D eigenvalue weighted by Crippen LogP contribution is 2.33. The van der Waals surface area contributed by atoms with Crippen molar-refractivity contribution in [1.29, 1.82) is 0 Å². The molecule has 4 rings (SSSR count). The third-order valence-electron chi connectivity index (χ3n) is 6.25. The lowest BCUT2D eigenvalue weighted by Gasteiger charge is -2.34. The van der Waals surface area contributed by atoms with Gasteiger partial charge in [0.2, 0.25) is 5.91 Å². The van der Waals surface area contributed by atoms with Crippen molar-refractivity contribution in [3.8, 4) is 0 Å². The number of aliphatic hydroxyl groups is 1. The van der Waals surface area contributed by atoms with Crippen LogP contribution in [-0.2, 0) is 16.9 Å². The van der Waals surface area contributed by atoms with Gasteiger partial charge in [0.1, 0.15) is 18.3 Å². The third-order valence-corrected chi connectivity index (χ3v) is 6.80. The van der Waals surface area contributed by atoms with Gasteiger partial charge in [-0.3, -0.25) is 9.59 Å². The van der Waals surface area contributed by atoms with Crippen molar-refractivity contribution in [2.45, 2.75) is 25.0 Å². The monoisotopic (exact) mass is 536 g/mol. The van der Waals surface area contributed by atoms with E-state index >= 15 is 0 Å². The summed E-state index contributed by atoms with van der Waals surface area (Å²) in [6.45, 7) is 1.72. The summed E-state index contributed by atoms with van der Waals surface area (Å²) < 4.78 is 1.48. The molecule has 0 spiro atoms. The summed E-state index contributed by atoms with van der Waals surface area (Å²) >= 11 is 12.5. The smallest absolute Gasteiger partial charge is 0.229 e. The largest absolute Gasteiger partial charge is 0.381 e. The van der Waals surface area contributed by atoms with Gasteiger partial charge in [-0.15, -0.1) is 0 Å². The molecule has 0 bridgehead atoms. The lowest BCUT2D eigenvalue weighted by Crippen LogP contribution is -2.46. The molecule has 3 aromatic carbocycles. The van der Waals surface area contributed by atoms with Gasteiger partial charge in [0.15, 0.2) is 5.78 Å². The molecule has 9 heteroatoms. The maximum atomic E-state index is 13.5. The molecule has 1 N–H and O–H groups in total. The fourth-order valence-corrected chi connectivity index (χ4v) is 4.90. The number of amides is 1. The molecule has 7 nitrogen and oxygen atoms in total. The normalized spacial score (nSPS) is 13.5. The van der Waals surface area contributed by atoms with Crippen molar-refractivity contribution >= 4 is 34.9 Å². The third kappa shape index (κ3) is 6.07. The van der Waals surface area contributed by atoms with Gasteiger partial charge in [-0.2, -0.15) is 5.10 Å². The molecule has 37 heavy (non-hydrogen) atoms. The summed E-state index contributed by atoms with van der Waals surface area (Å²) in [6, 6.07) is 20.9. The topological polar surface area (TPSA) is 88.3 Å². The molecule has 1 amide bonds. The molecule has 4 aromatic rings. The minimum Gasteiger partial charge on any atom is -0.381 e. The number of carbonyl (C=O) groups excluding carboxylic acids is 2. The molecule has 2 unspecified atom stereocenters. The van der Waals surface area contributed by atoms with Crippen molar-refractivity contribution in [2.24, 2.45) is 0 Å². The van der Waals surface area contributed by atoms with E-state index in [0.717, 1.165) is 0 Å². The fraction of sp³-hybridized carbons (Fsp3) is 0.214. The quantitative estimate of drug-likeness (QED) is 0.305. The van der Waals surface area contributed by atoms with Gasteiger partial charge in [0.25, 0.3) is 0 Å². The number of nitrogens with zero attached hydrogens (tertiary/aromatic N) is 4. The molecule has 190 valence electrons. The van der Waals surface area contributed by atoms with Crippen molar-refractivity contribution in [2.75, 3.05) is 13.6 Å². The van der Waals surface area contributed by atoms with Gasteiger partial charge in [0, 0.05) is 33.8 Å². The Balaban J connectivity index is 1.57. The Morgan fingerprint density at radius 3 is 2.43 bits per heavy atom. The number of likely N-dealkylation sites (N-methyl/N-ethyl adjacent to an activating group) is 1. The molecule has 2 atom stereocenters. The van der Waals surface area contributed by atoms with Crippen LogP contribution in [0.3, 0.4) is 0 Å². The Kier molecular flexibility index (Phi) is 8.07. The van der Waals surface area contributed by atoms with Crippen LogP contribution in [0.25, 0.3) is 0 Å². The van der Waals surface area contributed by atoms with E-state index in [0.29, 0.717) is 27.3 Å². The SMILES string of the molecule is CC(C(=O)N(C)CC(O)(Cn1cncn1)c1ccc(Cl)cc1Cl)c1cccc(C(=O)c2ccccc2)c1. The number of aromatic nitrogens is 3. The second kappa shape index (κ2) is 11.3. The van der Waals surface area contributed by atoms with Crippen LogP contribution in [0.1, 0.15) is 39.9 Å². The summed E-state index contributed by atoms with van der Waals surface area (Å²) in [5.74, 6) is -0.911. The van der Waals surface area contributed by atoms with Crippen LogP contribution in [0.4, 0.5) is 0 Å². The molecule has 0 radical (unpaired) electrons. The first-order chi connectivity index (χ1) is 17.7. The number of rotatable bonds is 9. The van der Waals surface area contributed by atoms with E-state index < -0.39 is 11.5 Å². The highest BCUT2D eigenvalue weighted by molar-refractivity contribution is 6.35. The van der Waals surface area contributed by atoms with E-state index in [1.807, 2.05) is 24.3 Å². The van der Waals surface area contributed by atoms with Gasteiger partial charge >= 0.3 is 0 Å². The highest BCUT2D eigenvalue weighted by atomic mass is 35.5. The fourth-order valence-electron chi connectivity index (χ4n) is 4.32. The van der Waals surface area contributed by atoms with Crippen molar-refractivity contribution in [3.63, 3.8) is 0 Å². The number of benzene rings is 3. The lowest BCUT2D eigenvalue weighted by molar-refractivity contribution is -0.135. The zero-order valence-corrected chi connectivity index (χ0v) is 21.9. The molecule has 0 saturated carbocycles. The van der Waals surface area contributed by atoms with Gasteiger partial charge < -0.3 is 10.0 Å². The van der Waals surface area contributed by atoms with Crippen LogP contribution in [0.5, 0.6) is 0 Å². The zero-order valence-electron chi connectivity index (χ0n) is 20.4.